The number of hydrogen-bond donors (Lipinski definition) is 1. The van der Waals surface area contributed by atoms with E-state index in [-0.39, 0.29) is 13.2 Å². The second kappa shape index (κ2) is 6.37. The molecule has 0 aliphatic rings. The zero-order valence-electron chi connectivity index (χ0n) is 11.9. The lowest BCUT2D eigenvalue weighted by molar-refractivity contribution is 0.0514. The van der Waals surface area contributed by atoms with E-state index in [1.807, 2.05) is 11.6 Å². The van der Waals surface area contributed by atoms with Gasteiger partial charge < -0.3 is 9.84 Å². The monoisotopic (exact) mass is 355 g/mol. The van der Waals surface area contributed by atoms with Crippen LogP contribution in [0, 0.1) is 0 Å². The number of esters is 1. The maximum Gasteiger partial charge on any atom is 0.355 e. The first kappa shape index (κ1) is 15.5. The molecule has 0 aliphatic carbocycles. The van der Waals surface area contributed by atoms with Gasteiger partial charge in [0, 0.05) is 17.1 Å². The van der Waals surface area contributed by atoms with E-state index in [0.717, 1.165) is 9.04 Å². The Bertz CT molecular complexity index is 808. The van der Waals surface area contributed by atoms with Crippen LogP contribution in [0.1, 0.15) is 23.0 Å². The van der Waals surface area contributed by atoms with Crippen LogP contribution in [0.3, 0.4) is 0 Å². The average Bonchev–Trinajstić information content (AvgIpc) is 3.21. The molecule has 116 valence electrons. The van der Waals surface area contributed by atoms with Crippen molar-refractivity contribution in [3.05, 3.63) is 22.8 Å². The molecule has 0 spiro atoms. The molecule has 0 atom stereocenters. The van der Waals surface area contributed by atoms with Crippen LogP contribution in [0.2, 0.25) is 0 Å². The number of hydrogen-bond acceptors (Lipinski definition) is 8. The Morgan fingerprint density at radius 1 is 1.55 bits per heavy atom. The number of ether oxygens (including phenoxy) is 1. The highest BCUT2D eigenvalue weighted by Gasteiger charge is 2.28. The van der Waals surface area contributed by atoms with Crippen LogP contribution in [-0.4, -0.2) is 38.5 Å². The molecule has 3 heterocycles. The number of aliphatic hydroxyl groups is 1. The van der Waals surface area contributed by atoms with Crippen molar-refractivity contribution in [3.63, 3.8) is 0 Å². The summed E-state index contributed by atoms with van der Waals surface area (Å²) in [6.45, 7) is 1.77. The number of fused-ring (bicyclic) bond motifs is 1. The Kier molecular flexibility index (Phi) is 4.48. The van der Waals surface area contributed by atoms with Crippen molar-refractivity contribution in [1.82, 2.24) is 14.5 Å². The molecule has 0 amide bonds. The number of thiazole rings is 2. The summed E-state index contributed by atoms with van der Waals surface area (Å²) in [7, 11) is 0. The summed E-state index contributed by atoms with van der Waals surface area (Å²) >= 11 is 4.39. The summed E-state index contributed by atoms with van der Waals surface area (Å²) < 4.78 is 8.49. The molecule has 0 radical (unpaired) electrons. The van der Waals surface area contributed by atoms with Crippen LogP contribution in [0.15, 0.2) is 15.9 Å². The standard InChI is InChI=1S/C13H13N3O3S3/c1-3-19-11(18)8-7(6-17)9-10(15-13(20-2)22-9)16(8)12-14-4-5-21-12/h4-5,17H,3,6H2,1-2H3. The van der Waals surface area contributed by atoms with E-state index in [2.05, 4.69) is 9.97 Å². The Balaban J connectivity index is 2.33. The van der Waals surface area contributed by atoms with E-state index in [0.29, 0.717) is 22.0 Å². The topological polar surface area (TPSA) is 77.2 Å². The van der Waals surface area contributed by atoms with Gasteiger partial charge in [-0.3, -0.25) is 4.57 Å². The SMILES string of the molecule is CCOC(=O)c1c(CO)c2sc(SC)nc2n1-c1nccs1. The molecule has 6 nitrogen and oxygen atoms in total. The molecule has 3 rings (SSSR count). The molecule has 0 aliphatic heterocycles. The molecule has 3 aromatic rings. The van der Waals surface area contributed by atoms with E-state index >= 15 is 0 Å². The van der Waals surface area contributed by atoms with Crippen LogP contribution in [0.4, 0.5) is 0 Å². The summed E-state index contributed by atoms with van der Waals surface area (Å²) in [6.07, 6.45) is 3.61. The lowest BCUT2D eigenvalue weighted by Crippen LogP contribution is -2.13. The molecular weight excluding hydrogens is 342 g/mol. The highest BCUT2D eigenvalue weighted by molar-refractivity contribution is 8.00. The molecule has 0 aromatic carbocycles. The van der Waals surface area contributed by atoms with Crippen molar-refractivity contribution in [1.29, 1.82) is 0 Å². The minimum absolute atomic E-state index is 0.251. The second-order valence-corrected chi connectivity index (χ2v) is 7.12. The molecule has 1 N–H and O–H groups in total. The van der Waals surface area contributed by atoms with Crippen LogP contribution >= 0.6 is 34.4 Å². The van der Waals surface area contributed by atoms with Crippen LogP contribution < -0.4 is 0 Å². The van der Waals surface area contributed by atoms with Gasteiger partial charge in [-0.1, -0.05) is 11.8 Å². The lowest BCUT2D eigenvalue weighted by atomic mass is 10.2. The van der Waals surface area contributed by atoms with Gasteiger partial charge in [-0.2, -0.15) is 0 Å². The number of thioether (sulfide) groups is 1. The van der Waals surface area contributed by atoms with E-state index in [1.165, 1.54) is 34.4 Å². The van der Waals surface area contributed by atoms with Gasteiger partial charge in [0.05, 0.1) is 17.9 Å². The van der Waals surface area contributed by atoms with Gasteiger partial charge in [0.15, 0.2) is 15.1 Å². The number of carbonyl (C=O) groups excluding carboxylic acids is 1. The Morgan fingerprint density at radius 2 is 2.36 bits per heavy atom. The first-order chi connectivity index (χ1) is 10.7. The quantitative estimate of drug-likeness (QED) is 0.560. The molecule has 22 heavy (non-hydrogen) atoms. The maximum absolute atomic E-state index is 12.4. The van der Waals surface area contributed by atoms with Crippen molar-refractivity contribution in [3.8, 4) is 5.13 Å². The fourth-order valence-electron chi connectivity index (χ4n) is 2.15. The third-order valence-electron chi connectivity index (χ3n) is 3.00. The van der Waals surface area contributed by atoms with Crippen molar-refractivity contribution in [2.24, 2.45) is 0 Å². The number of aromatic nitrogens is 3. The van der Waals surface area contributed by atoms with Gasteiger partial charge in [-0.15, -0.1) is 22.7 Å². The smallest absolute Gasteiger partial charge is 0.355 e. The molecule has 0 unspecified atom stereocenters. The zero-order valence-corrected chi connectivity index (χ0v) is 14.3. The van der Waals surface area contributed by atoms with Crippen LogP contribution in [0.25, 0.3) is 15.5 Å². The number of nitrogens with zero attached hydrogens (tertiary/aromatic N) is 3. The highest BCUT2D eigenvalue weighted by Crippen LogP contribution is 2.37. The number of rotatable bonds is 5. The molecule has 0 saturated carbocycles. The first-order valence-electron chi connectivity index (χ1n) is 6.47. The van der Waals surface area contributed by atoms with Crippen LogP contribution in [0.5, 0.6) is 0 Å². The van der Waals surface area contributed by atoms with E-state index in [1.54, 1.807) is 17.7 Å². The fraction of sp³-hybridized carbons (Fsp3) is 0.308. The van der Waals surface area contributed by atoms with E-state index in [9.17, 15) is 9.90 Å². The van der Waals surface area contributed by atoms with Gasteiger partial charge in [0.2, 0.25) is 0 Å². The predicted molar refractivity (Wildman–Crippen MR) is 88.3 cm³/mol. The average molecular weight is 355 g/mol. The molecule has 0 saturated heterocycles. The summed E-state index contributed by atoms with van der Waals surface area (Å²) in [5.74, 6) is -0.474. The third kappa shape index (κ3) is 2.43. The summed E-state index contributed by atoms with van der Waals surface area (Å²) in [4.78, 5) is 21.2. The molecule has 9 heteroatoms. The zero-order chi connectivity index (χ0) is 15.7. The third-order valence-corrected chi connectivity index (χ3v) is 5.84. The van der Waals surface area contributed by atoms with Gasteiger partial charge in [-0.25, -0.2) is 14.8 Å². The Morgan fingerprint density at radius 3 is 2.95 bits per heavy atom. The van der Waals surface area contributed by atoms with Crippen LogP contribution in [-0.2, 0) is 11.3 Å². The minimum Gasteiger partial charge on any atom is -0.461 e. The van der Waals surface area contributed by atoms with Crippen molar-refractivity contribution < 1.29 is 14.6 Å². The van der Waals surface area contributed by atoms with Crippen molar-refractivity contribution in [2.75, 3.05) is 12.9 Å². The van der Waals surface area contributed by atoms with Gasteiger partial charge >= 0.3 is 5.97 Å². The summed E-state index contributed by atoms with van der Waals surface area (Å²) in [6, 6.07) is 0. The Labute approximate surface area is 138 Å². The Hall–Kier alpha value is -1.42. The first-order valence-corrected chi connectivity index (χ1v) is 9.39. The summed E-state index contributed by atoms with van der Waals surface area (Å²) in [5.41, 5.74) is 1.48. The van der Waals surface area contributed by atoms with Gasteiger partial charge in [-0.05, 0) is 13.2 Å². The van der Waals surface area contributed by atoms with E-state index in [4.69, 9.17) is 4.74 Å². The molecular formula is C13H13N3O3S3. The fourth-order valence-corrected chi connectivity index (χ4v) is 4.38. The predicted octanol–water partition coefficient (Wildman–Crippen LogP) is 2.93. The second-order valence-electron chi connectivity index (χ2n) is 4.19. The van der Waals surface area contributed by atoms with Gasteiger partial charge in [0.25, 0.3) is 0 Å². The maximum atomic E-state index is 12.4. The highest BCUT2D eigenvalue weighted by atomic mass is 32.2. The molecule has 3 aromatic heterocycles. The summed E-state index contributed by atoms with van der Waals surface area (Å²) in [5, 5.41) is 12.2. The van der Waals surface area contributed by atoms with Crippen molar-refractivity contribution >= 4 is 50.8 Å². The van der Waals surface area contributed by atoms with Crippen molar-refractivity contribution in [2.45, 2.75) is 17.9 Å². The largest absolute Gasteiger partial charge is 0.461 e. The van der Waals surface area contributed by atoms with Gasteiger partial charge in [0.1, 0.15) is 5.69 Å². The lowest BCUT2D eigenvalue weighted by Gasteiger charge is -2.07. The normalized spacial score (nSPS) is 11.2. The molecule has 0 fully saturated rings. The number of carbonyl (C=O) groups is 1. The number of aliphatic hydroxyl groups excluding tert-OH is 1. The molecule has 0 bridgehead atoms. The minimum atomic E-state index is -0.474. The van der Waals surface area contributed by atoms with E-state index < -0.39 is 5.97 Å².